The fraction of sp³-hybridized carbons (Fsp3) is 0.708. The smallest absolute Gasteiger partial charge is 0.220 e. The molecule has 0 radical (unpaired) electrons. The Kier molecular flexibility index (Phi) is 9.43. The van der Waals surface area contributed by atoms with Crippen molar-refractivity contribution in [3.8, 4) is 11.5 Å². The molecule has 1 aromatic rings. The molecule has 0 aliphatic carbocycles. The normalized spacial score (nSPS) is 20.4. The van der Waals surface area contributed by atoms with Gasteiger partial charge in [-0.05, 0) is 30.5 Å². The molecule has 3 N–H and O–H groups in total. The minimum atomic E-state index is -0.322. The zero-order chi connectivity index (χ0) is 22.1. The van der Waals surface area contributed by atoms with E-state index < -0.39 is 0 Å². The van der Waals surface area contributed by atoms with Crippen molar-refractivity contribution in [1.29, 1.82) is 0 Å². The summed E-state index contributed by atoms with van der Waals surface area (Å²) in [5, 5.41) is 23.4. The van der Waals surface area contributed by atoms with Crippen LogP contribution in [0.25, 0.3) is 0 Å². The molecule has 7 nitrogen and oxygen atoms in total. The van der Waals surface area contributed by atoms with Crippen LogP contribution in [0.2, 0.25) is 0 Å². The lowest BCUT2D eigenvalue weighted by Crippen LogP contribution is -2.47. The summed E-state index contributed by atoms with van der Waals surface area (Å²) in [7, 11) is 0. The number of hydrogen-bond acceptors (Lipinski definition) is 6. The van der Waals surface area contributed by atoms with Gasteiger partial charge in [0.1, 0.15) is 13.2 Å². The van der Waals surface area contributed by atoms with Crippen molar-refractivity contribution in [2.45, 2.75) is 69.9 Å². The van der Waals surface area contributed by atoms with E-state index in [1.165, 1.54) is 12.8 Å². The molecule has 0 spiro atoms. The van der Waals surface area contributed by atoms with E-state index in [-0.39, 0.29) is 30.6 Å². The lowest BCUT2D eigenvalue weighted by Gasteiger charge is -2.31. The number of amides is 1. The summed E-state index contributed by atoms with van der Waals surface area (Å²) in [6, 6.07) is 5.48. The average Bonchev–Trinajstić information content (AvgIpc) is 3.18. The quantitative estimate of drug-likeness (QED) is 0.438. The van der Waals surface area contributed by atoms with Crippen molar-refractivity contribution in [3.05, 3.63) is 23.8 Å². The number of β-amino-alcohol motifs (C(OH)–C–C–N with tert-alkyl or cyclic N) is 1. The van der Waals surface area contributed by atoms with Gasteiger partial charge in [0.25, 0.3) is 0 Å². The van der Waals surface area contributed by atoms with Gasteiger partial charge in [0, 0.05) is 32.0 Å². The molecule has 1 unspecified atom stereocenters. The average molecular weight is 435 g/mol. The van der Waals surface area contributed by atoms with Gasteiger partial charge in [0.05, 0.1) is 18.8 Å². The van der Waals surface area contributed by atoms with Gasteiger partial charge >= 0.3 is 0 Å². The molecule has 31 heavy (non-hydrogen) atoms. The molecule has 1 aromatic carbocycles. The summed E-state index contributed by atoms with van der Waals surface area (Å²) in [5.74, 6) is 1.15. The summed E-state index contributed by atoms with van der Waals surface area (Å²) < 4.78 is 11.3. The molecular weight excluding hydrogens is 396 g/mol. The van der Waals surface area contributed by atoms with Crippen molar-refractivity contribution in [2.24, 2.45) is 0 Å². The van der Waals surface area contributed by atoms with Crippen LogP contribution < -0.4 is 14.8 Å². The molecule has 2 heterocycles. The molecule has 3 atom stereocenters. The summed E-state index contributed by atoms with van der Waals surface area (Å²) >= 11 is 0. The monoisotopic (exact) mass is 434 g/mol. The largest absolute Gasteiger partial charge is 0.486 e. The maximum Gasteiger partial charge on any atom is 0.220 e. The van der Waals surface area contributed by atoms with Gasteiger partial charge in [-0.2, -0.15) is 0 Å². The van der Waals surface area contributed by atoms with E-state index in [0.717, 1.165) is 37.8 Å². The maximum atomic E-state index is 12.7. The van der Waals surface area contributed by atoms with E-state index in [1.54, 1.807) is 0 Å². The lowest BCUT2D eigenvalue weighted by molar-refractivity contribution is -0.122. The number of fused-ring (bicyclic) bond motifs is 1. The Hall–Kier alpha value is -1.83. The number of hydrogen-bond donors (Lipinski definition) is 3. The van der Waals surface area contributed by atoms with E-state index in [0.29, 0.717) is 44.2 Å². The highest BCUT2D eigenvalue weighted by Crippen LogP contribution is 2.34. The summed E-state index contributed by atoms with van der Waals surface area (Å²) in [6.45, 7) is 5.12. The fourth-order valence-corrected chi connectivity index (χ4v) is 4.45. The van der Waals surface area contributed by atoms with Crippen molar-refractivity contribution in [3.63, 3.8) is 0 Å². The lowest BCUT2D eigenvalue weighted by atomic mass is 9.91. The predicted octanol–water partition coefficient (Wildman–Crippen LogP) is 2.45. The van der Waals surface area contributed by atoms with Crippen molar-refractivity contribution < 1.29 is 24.5 Å². The third kappa shape index (κ3) is 7.09. The van der Waals surface area contributed by atoms with Crippen LogP contribution in [0.4, 0.5) is 0 Å². The SMILES string of the molecule is CCCCCCCC(=O)N[C@H](CN1CC[C@H](O)C1)C(CO)c1ccc2c(c1)OCCO2. The van der Waals surface area contributed by atoms with Gasteiger partial charge in [0.15, 0.2) is 11.5 Å². The topological polar surface area (TPSA) is 91.3 Å². The van der Waals surface area contributed by atoms with Crippen molar-refractivity contribution in [2.75, 3.05) is 39.5 Å². The molecule has 3 rings (SSSR count). The zero-order valence-electron chi connectivity index (χ0n) is 18.7. The van der Waals surface area contributed by atoms with E-state index in [2.05, 4.69) is 17.1 Å². The Morgan fingerprint density at radius 2 is 1.97 bits per heavy atom. The first kappa shape index (κ1) is 23.8. The van der Waals surface area contributed by atoms with Crippen LogP contribution in [0.3, 0.4) is 0 Å². The first-order valence-electron chi connectivity index (χ1n) is 11.8. The number of nitrogens with one attached hydrogen (secondary N) is 1. The molecule has 1 fully saturated rings. The van der Waals surface area contributed by atoms with Crippen LogP contribution in [0.1, 0.15) is 63.4 Å². The molecule has 7 heteroatoms. The van der Waals surface area contributed by atoms with Crippen LogP contribution >= 0.6 is 0 Å². The zero-order valence-corrected chi connectivity index (χ0v) is 18.7. The van der Waals surface area contributed by atoms with Crippen LogP contribution in [-0.4, -0.2) is 72.6 Å². The van der Waals surface area contributed by atoms with Gasteiger partial charge in [-0.25, -0.2) is 0 Å². The number of rotatable bonds is 12. The van der Waals surface area contributed by atoms with Crippen LogP contribution in [0.5, 0.6) is 11.5 Å². The number of ether oxygens (including phenoxy) is 2. The van der Waals surface area contributed by atoms with Crippen LogP contribution in [0.15, 0.2) is 18.2 Å². The van der Waals surface area contributed by atoms with E-state index in [4.69, 9.17) is 9.47 Å². The molecule has 2 aliphatic rings. The Bertz CT molecular complexity index is 699. The molecule has 0 saturated carbocycles. The van der Waals surface area contributed by atoms with Gasteiger partial charge < -0.3 is 25.0 Å². The first-order chi connectivity index (χ1) is 15.1. The number of nitrogens with zero attached hydrogens (tertiary/aromatic N) is 1. The van der Waals surface area contributed by atoms with Crippen molar-refractivity contribution >= 4 is 5.91 Å². The van der Waals surface area contributed by atoms with Gasteiger partial charge in [-0.1, -0.05) is 38.7 Å². The Morgan fingerprint density at radius 1 is 1.19 bits per heavy atom. The number of carbonyl (C=O) groups excluding carboxylic acids is 1. The van der Waals surface area contributed by atoms with Gasteiger partial charge in [-0.3, -0.25) is 9.69 Å². The van der Waals surface area contributed by atoms with E-state index in [9.17, 15) is 15.0 Å². The van der Waals surface area contributed by atoms with Crippen molar-refractivity contribution in [1.82, 2.24) is 10.2 Å². The highest BCUT2D eigenvalue weighted by atomic mass is 16.6. The Morgan fingerprint density at radius 3 is 2.68 bits per heavy atom. The second-order valence-corrected chi connectivity index (χ2v) is 8.73. The number of aliphatic hydroxyl groups is 2. The Balaban J connectivity index is 1.68. The highest BCUT2D eigenvalue weighted by Gasteiger charge is 2.30. The second kappa shape index (κ2) is 12.3. The predicted molar refractivity (Wildman–Crippen MR) is 120 cm³/mol. The number of aliphatic hydroxyl groups excluding tert-OH is 2. The second-order valence-electron chi connectivity index (χ2n) is 8.73. The molecule has 0 aromatic heterocycles. The van der Waals surface area contributed by atoms with E-state index >= 15 is 0 Å². The maximum absolute atomic E-state index is 12.7. The Labute approximate surface area is 185 Å². The van der Waals surface area contributed by atoms with Crippen LogP contribution in [0, 0.1) is 0 Å². The number of unbranched alkanes of at least 4 members (excludes halogenated alkanes) is 4. The molecule has 0 bridgehead atoms. The minimum absolute atomic E-state index is 0.0252. The van der Waals surface area contributed by atoms with E-state index in [1.807, 2.05) is 18.2 Å². The highest BCUT2D eigenvalue weighted by molar-refractivity contribution is 5.76. The summed E-state index contributed by atoms with van der Waals surface area (Å²) in [4.78, 5) is 14.9. The number of carbonyl (C=O) groups is 1. The molecule has 174 valence electrons. The summed E-state index contributed by atoms with van der Waals surface area (Å²) in [6.07, 6.45) is 6.42. The first-order valence-corrected chi connectivity index (χ1v) is 11.8. The van der Waals surface area contributed by atoms with Gasteiger partial charge in [-0.15, -0.1) is 0 Å². The van der Waals surface area contributed by atoms with Gasteiger partial charge in [0.2, 0.25) is 5.91 Å². The molecule has 2 aliphatic heterocycles. The standard InChI is InChI=1S/C24H38N2O5/c1-2-3-4-5-6-7-24(29)25-21(16-26-11-10-19(28)15-26)20(17-27)18-8-9-22-23(14-18)31-13-12-30-22/h8-9,14,19-21,27-28H,2-7,10-13,15-17H2,1H3,(H,25,29)/t19-,20?,21+/m0/s1. The fourth-order valence-electron chi connectivity index (χ4n) is 4.45. The third-order valence-corrected chi connectivity index (χ3v) is 6.23. The van der Waals surface area contributed by atoms with Crippen LogP contribution in [-0.2, 0) is 4.79 Å². The minimum Gasteiger partial charge on any atom is -0.486 e. The third-order valence-electron chi connectivity index (χ3n) is 6.23. The molecule has 1 saturated heterocycles. The molecular formula is C24H38N2O5. The number of likely N-dealkylation sites (tertiary alicyclic amines) is 1. The molecule has 1 amide bonds. The number of benzene rings is 1. The summed E-state index contributed by atoms with van der Waals surface area (Å²) in [5.41, 5.74) is 0.916.